The Morgan fingerprint density at radius 2 is 2.43 bits per heavy atom. The van der Waals surface area contributed by atoms with Crippen LogP contribution in [0.3, 0.4) is 0 Å². The largest absolute Gasteiger partial charge is 0.469 e. The molecule has 21 heavy (non-hydrogen) atoms. The Kier molecular flexibility index (Phi) is 4.04. The number of likely N-dealkylation sites (tertiary alicyclic amines) is 1. The third-order valence-electron chi connectivity index (χ3n) is 4.80. The van der Waals surface area contributed by atoms with Crippen molar-refractivity contribution in [3.63, 3.8) is 0 Å². The summed E-state index contributed by atoms with van der Waals surface area (Å²) in [5.74, 6) is 0.739. The standard InChI is InChI=1S/C16H23NO4/c1-12-13(5-9-20-12)15(18)17-7-4-14-16(10-17,11-19-2)6-3-8-21-14/h5,9,14H,3-4,6-8,10-11H2,1-2H3/t14-,16+/m0/s1. The summed E-state index contributed by atoms with van der Waals surface area (Å²) in [5.41, 5.74) is 0.608. The van der Waals surface area contributed by atoms with Gasteiger partial charge in [0.2, 0.25) is 0 Å². The van der Waals surface area contributed by atoms with Gasteiger partial charge in [-0.05, 0) is 32.3 Å². The van der Waals surface area contributed by atoms with E-state index in [0.29, 0.717) is 24.5 Å². The molecule has 2 aliphatic heterocycles. The second-order valence-electron chi connectivity index (χ2n) is 6.16. The zero-order chi connectivity index (χ0) is 14.9. The van der Waals surface area contributed by atoms with Gasteiger partial charge in [-0.25, -0.2) is 0 Å². The highest BCUT2D eigenvalue weighted by Gasteiger charge is 2.47. The average Bonchev–Trinajstić information content (AvgIpc) is 2.92. The van der Waals surface area contributed by atoms with E-state index in [2.05, 4.69) is 0 Å². The van der Waals surface area contributed by atoms with Crippen LogP contribution in [0.15, 0.2) is 16.7 Å². The van der Waals surface area contributed by atoms with Gasteiger partial charge in [0.15, 0.2) is 0 Å². The smallest absolute Gasteiger partial charge is 0.257 e. The molecular weight excluding hydrogens is 270 g/mol. The molecule has 3 heterocycles. The third kappa shape index (κ3) is 2.60. The van der Waals surface area contributed by atoms with Gasteiger partial charge in [0.25, 0.3) is 5.91 Å². The number of hydrogen-bond donors (Lipinski definition) is 0. The Bertz CT molecular complexity index is 508. The van der Waals surface area contributed by atoms with Gasteiger partial charge in [-0.3, -0.25) is 4.79 Å². The quantitative estimate of drug-likeness (QED) is 0.857. The van der Waals surface area contributed by atoms with Crippen LogP contribution >= 0.6 is 0 Å². The predicted molar refractivity (Wildman–Crippen MR) is 77.2 cm³/mol. The van der Waals surface area contributed by atoms with E-state index in [0.717, 1.165) is 32.4 Å². The minimum Gasteiger partial charge on any atom is -0.469 e. The molecule has 1 aromatic heterocycles. The van der Waals surface area contributed by atoms with Gasteiger partial charge in [-0.1, -0.05) is 0 Å². The van der Waals surface area contributed by atoms with Gasteiger partial charge in [-0.2, -0.15) is 0 Å². The van der Waals surface area contributed by atoms with E-state index in [9.17, 15) is 4.79 Å². The van der Waals surface area contributed by atoms with Crippen molar-refractivity contribution in [1.29, 1.82) is 0 Å². The highest BCUT2D eigenvalue weighted by atomic mass is 16.5. The van der Waals surface area contributed by atoms with Crippen LogP contribution in [0.25, 0.3) is 0 Å². The molecule has 5 nitrogen and oxygen atoms in total. The second kappa shape index (κ2) is 5.81. The van der Waals surface area contributed by atoms with Crippen LogP contribution in [0.4, 0.5) is 0 Å². The fourth-order valence-electron chi connectivity index (χ4n) is 3.74. The van der Waals surface area contributed by atoms with Crippen molar-refractivity contribution in [3.8, 4) is 0 Å². The van der Waals surface area contributed by atoms with Crippen LogP contribution in [0, 0.1) is 12.3 Å². The molecule has 0 spiro atoms. The number of piperidine rings is 1. The van der Waals surface area contributed by atoms with Crippen LogP contribution in [0.2, 0.25) is 0 Å². The average molecular weight is 293 g/mol. The first-order valence-corrected chi connectivity index (χ1v) is 7.60. The topological polar surface area (TPSA) is 51.9 Å². The molecule has 0 unspecified atom stereocenters. The number of rotatable bonds is 3. The molecule has 0 N–H and O–H groups in total. The molecular formula is C16H23NO4. The van der Waals surface area contributed by atoms with Gasteiger partial charge in [0.05, 0.1) is 24.5 Å². The summed E-state index contributed by atoms with van der Waals surface area (Å²) in [6, 6.07) is 1.75. The zero-order valence-corrected chi connectivity index (χ0v) is 12.8. The van der Waals surface area contributed by atoms with E-state index in [1.165, 1.54) is 0 Å². The normalized spacial score (nSPS) is 29.2. The van der Waals surface area contributed by atoms with Crippen LogP contribution < -0.4 is 0 Å². The zero-order valence-electron chi connectivity index (χ0n) is 12.8. The van der Waals surface area contributed by atoms with Gasteiger partial charge in [0, 0.05) is 32.2 Å². The van der Waals surface area contributed by atoms with Crippen molar-refractivity contribution in [3.05, 3.63) is 23.7 Å². The second-order valence-corrected chi connectivity index (χ2v) is 6.16. The Morgan fingerprint density at radius 3 is 3.14 bits per heavy atom. The van der Waals surface area contributed by atoms with Crippen LogP contribution in [-0.4, -0.2) is 50.3 Å². The number of hydrogen-bond acceptors (Lipinski definition) is 4. The molecule has 0 bridgehead atoms. The van der Waals surface area contributed by atoms with E-state index in [4.69, 9.17) is 13.9 Å². The number of nitrogens with zero attached hydrogens (tertiary/aromatic N) is 1. The first-order valence-electron chi connectivity index (χ1n) is 7.60. The van der Waals surface area contributed by atoms with Crippen molar-refractivity contribution in [2.45, 2.75) is 32.3 Å². The molecule has 3 rings (SSSR count). The minimum absolute atomic E-state index is 0.0563. The maximum atomic E-state index is 12.7. The number of carbonyl (C=O) groups is 1. The maximum absolute atomic E-state index is 12.7. The molecule has 1 amide bonds. The highest BCUT2D eigenvalue weighted by Crippen LogP contribution is 2.40. The van der Waals surface area contributed by atoms with Crippen molar-refractivity contribution >= 4 is 5.91 Å². The fraction of sp³-hybridized carbons (Fsp3) is 0.688. The monoisotopic (exact) mass is 293 g/mol. The number of methoxy groups -OCH3 is 1. The Balaban J connectivity index is 1.80. The molecule has 0 radical (unpaired) electrons. The summed E-state index contributed by atoms with van der Waals surface area (Å²) in [7, 11) is 1.72. The van der Waals surface area contributed by atoms with Gasteiger partial charge in [0.1, 0.15) is 5.76 Å². The lowest BCUT2D eigenvalue weighted by atomic mass is 9.73. The van der Waals surface area contributed by atoms with Gasteiger partial charge >= 0.3 is 0 Å². The molecule has 0 aliphatic carbocycles. The first kappa shape index (κ1) is 14.6. The van der Waals surface area contributed by atoms with E-state index in [1.54, 1.807) is 19.4 Å². The molecule has 5 heteroatoms. The summed E-state index contributed by atoms with van der Waals surface area (Å²) in [6.07, 6.45) is 4.75. The Hall–Kier alpha value is -1.33. The third-order valence-corrected chi connectivity index (χ3v) is 4.80. The molecule has 2 aliphatic rings. The van der Waals surface area contributed by atoms with E-state index < -0.39 is 0 Å². The summed E-state index contributed by atoms with van der Waals surface area (Å²) < 4.78 is 16.7. The molecule has 2 saturated heterocycles. The fourth-order valence-corrected chi connectivity index (χ4v) is 3.74. The van der Waals surface area contributed by atoms with Gasteiger partial charge < -0.3 is 18.8 Å². The molecule has 2 atom stereocenters. The lowest BCUT2D eigenvalue weighted by Crippen LogP contribution is -2.58. The Morgan fingerprint density at radius 1 is 1.57 bits per heavy atom. The predicted octanol–water partition coefficient (Wildman–Crippen LogP) is 2.25. The highest BCUT2D eigenvalue weighted by molar-refractivity contribution is 5.95. The van der Waals surface area contributed by atoms with Crippen molar-refractivity contribution in [1.82, 2.24) is 4.90 Å². The molecule has 0 saturated carbocycles. The lowest BCUT2D eigenvalue weighted by molar-refractivity contribution is -0.142. The molecule has 0 aromatic carbocycles. The van der Waals surface area contributed by atoms with Crippen LogP contribution in [-0.2, 0) is 9.47 Å². The van der Waals surface area contributed by atoms with Crippen molar-refractivity contribution < 1.29 is 18.7 Å². The summed E-state index contributed by atoms with van der Waals surface area (Å²) in [4.78, 5) is 14.6. The number of amides is 1. The van der Waals surface area contributed by atoms with Crippen molar-refractivity contribution in [2.75, 3.05) is 33.4 Å². The molecule has 116 valence electrons. The summed E-state index contributed by atoms with van der Waals surface area (Å²) in [6.45, 7) is 4.74. The van der Waals surface area contributed by atoms with Gasteiger partial charge in [-0.15, -0.1) is 0 Å². The minimum atomic E-state index is -0.0570. The van der Waals surface area contributed by atoms with E-state index >= 15 is 0 Å². The van der Waals surface area contributed by atoms with E-state index in [-0.39, 0.29) is 17.4 Å². The van der Waals surface area contributed by atoms with Crippen LogP contribution in [0.5, 0.6) is 0 Å². The number of fused-ring (bicyclic) bond motifs is 1. The molecule has 2 fully saturated rings. The van der Waals surface area contributed by atoms with Crippen LogP contribution in [0.1, 0.15) is 35.4 Å². The number of furan rings is 1. The number of carbonyl (C=O) groups excluding carboxylic acids is 1. The van der Waals surface area contributed by atoms with E-state index in [1.807, 2.05) is 11.8 Å². The maximum Gasteiger partial charge on any atom is 0.257 e. The lowest BCUT2D eigenvalue weighted by Gasteiger charge is -2.50. The number of ether oxygens (including phenoxy) is 2. The molecule has 1 aromatic rings. The summed E-state index contributed by atoms with van der Waals surface area (Å²) in [5, 5.41) is 0. The summed E-state index contributed by atoms with van der Waals surface area (Å²) >= 11 is 0. The number of aryl methyl sites for hydroxylation is 1. The Labute approximate surface area is 125 Å². The SMILES string of the molecule is COC[C@]12CCCO[C@H]1CCN(C(=O)c1ccoc1C)C2. The van der Waals surface area contributed by atoms with Crippen molar-refractivity contribution in [2.24, 2.45) is 5.41 Å². The first-order chi connectivity index (χ1) is 10.2.